The molecule has 1 aromatic heterocycles. The lowest BCUT2D eigenvalue weighted by Gasteiger charge is -2.02. The summed E-state index contributed by atoms with van der Waals surface area (Å²) in [5.41, 5.74) is 4.75. The van der Waals surface area contributed by atoms with Gasteiger partial charge in [0.05, 0.1) is 0 Å². The molecule has 0 radical (unpaired) electrons. The van der Waals surface area contributed by atoms with Gasteiger partial charge in [-0.05, 0) is 36.2 Å². The van der Waals surface area contributed by atoms with Crippen LogP contribution in [-0.4, -0.2) is 0 Å². The Hall–Kier alpha value is -2.02. The zero-order chi connectivity index (χ0) is 13.4. The van der Waals surface area contributed by atoms with Crippen LogP contribution in [0.5, 0.6) is 0 Å². The Kier molecular flexibility index (Phi) is 2.90. The first-order valence-corrected chi connectivity index (χ1v) is 6.74. The predicted molar refractivity (Wildman–Crippen MR) is 80.5 cm³/mol. The normalized spacial score (nSPS) is 11.4. The standard InChI is InChI=1S/C18H18O/c1-12(2)18-11-16-10-15(8-9-17(16)19-18)14-6-4-13(3)5-7-14/h4-12H,1-3H3. The van der Waals surface area contributed by atoms with Gasteiger partial charge in [0, 0.05) is 11.3 Å². The summed E-state index contributed by atoms with van der Waals surface area (Å²) in [7, 11) is 0. The molecule has 0 unspecified atom stereocenters. The van der Waals surface area contributed by atoms with Crippen molar-refractivity contribution in [3.05, 3.63) is 59.9 Å². The molecule has 0 bridgehead atoms. The molecular formula is C18H18O. The first-order chi connectivity index (χ1) is 9.13. The second-order valence-electron chi connectivity index (χ2n) is 5.42. The number of aryl methyl sites for hydroxylation is 1. The molecular weight excluding hydrogens is 232 g/mol. The van der Waals surface area contributed by atoms with E-state index in [1.54, 1.807) is 0 Å². The highest BCUT2D eigenvalue weighted by Crippen LogP contribution is 2.29. The van der Waals surface area contributed by atoms with E-state index in [0.717, 1.165) is 11.3 Å². The minimum Gasteiger partial charge on any atom is -0.461 e. The van der Waals surface area contributed by atoms with Gasteiger partial charge < -0.3 is 4.42 Å². The second kappa shape index (κ2) is 4.58. The van der Waals surface area contributed by atoms with Gasteiger partial charge in [0.1, 0.15) is 11.3 Å². The maximum atomic E-state index is 5.84. The molecule has 0 saturated heterocycles. The molecule has 3 rings (SSSR count). The fourth-order valence-corrected chi connectivity index (χ4v) is 2.27. The Labute approximate surface area is 113 Å². The van der Waals surface area contributed by atoms with E-state index in [1.165, 1.54) is 22.1 Å². The van der Waals surface area contributed by atoms with Crippen LogP contribution < -0.4 is 0 Å². The van der Waals surface area contributed by atoms with Crippen molar-refractivity contribution in [1.29, 1.82) is 0 Å². The Morgan fingerprint density at radius 3 is 2.21 bits per heavy atom. The van der Waals surface area contributed by atoms with Crippen LogP contribution in [0.4, 0.5) is 0 Å². The first-order valence-electron chi connectivity index (χ1n) is 6.74. The molecule has 0 aliphatic heterocycles. The zero-order valence-electron chi connectivity index (χ0n) is 11.6. The SMILES string of the molecule is Cc1ccc(-c2ccc3oc(C(C)C)cc3c2)cc1. The third kappa shape index (κ3) is 2.28. The zero-order valence-corrected chi connectivity index (χ0v) is 11.6. The summed E-state index contributed by atoms with van der Waals surface area (Å²) in [5.74, 6) is 1.48. The summed E-state index contributed by atoms with van der Waals surface area (Å²) < 4.78 is 5.84. The van der Waals surface area contributed by atoms with Crippen molar-refractivity contribution in [3.63, 3.8) is 0 Å². The van der Waals surface area contributed by atoms with E-state index in [9.17, 15) is 0 Å². The average Bonchev–Trinajstić information content (AvgIpc) is 2.82. The van der Waals surface area contributed by atoms with Crippen LogP contribution in [0.1, 0.15) is 31.1 Å². The van der Waals surface area contributed by atoms with Gasteiger partial charge in [0.25, 0.3) is 0 Å². The maximum absolute atomic E-state index is 5.84. The van der Waals surface area contributed by atoms with E-state index >= 15 is 0 Å². The number of benzene rings is 2. The lowest BCUT2D eigenvalue weighted by atomic mass is 10.0. The van der Waals surface area contributed by atoms with Crippen molar-refractivity contribution in [1.82, 2.24) is 0 Å². The van der Waals surface area contributed by atoms with Gasteiger partial charge in [-0.25, -0.2) is 0 Å². The van der Waals surface area contributed by atoms with Gasteiger partial charge in [-0.15, -0.1) is 0 Å². The van der Waals surface area contributed by atoms with Crippen molar-refractivity contribution in [2.45, 2.75) is 26.7 Å². The number of hydrogen-bond donors (Lipinski definition) is 0. The fourth-order valence-electron chi connectivity index (χ4n) is 2.27. The lowest BCUT2D eigenvalue weighted by molar-refractivity contribution is 0.522. The molecule has 1 heterocycles. The highest BCUT2D eigenvalue weighted by atomic mass is 16.3. The van der Waals surface area contributed by atoms with E-state index in [4.69, 9.17) is 4.42 Å². The van der Waals surface area contributed by atoms with Crippen molar-refractivity contribution in [2.75, 3.05) is 0 Å². The lowest BCUT2D eigenvalue weighted by Crippen LogP contribution is -1.79. The van der Waals surface area contributed by atoms with Crippen LogP contribution in [-0.2, 0) is 0 Å². The Balaban J connectivity index is 2.08. The van der Waals surface area contributed by atoms with Crippen molar-refractivity contribution >= 4 is 11.0 Å². The third-order valence-electron chi connectivity index (χ3n) is 3.49. The predicted octanol–water partition coefficient (Wildman–Crippen LogP) is 5.53. The average molecular weight is 250 g/mol. The maximum Gasteiger partial charge on any atom is 0.134 e. The van der Waals surface area contributed by atoms with Crippen LogP contribution in [0, 0.1) is 6.92 Å². The fraction of sp³-hybridized carbons (Fsp3) is 0.222. The minimum atomic E-state index is 0.426. The molecule has 19 heavy (non-hydrogen) atoms. The van der Waals surface area contributed by atoms with E-state index in [0.29, 0.717) is 5.92 Å². The summed E-state index contributed by atoms with van der Waals surface area (Å²) >= 11 is 0. The molecule has 0 saturated carbocycles. The van der Waals surface area contributed by atoms with Gasteiger partial charge in [0.15, 0.2) is 0 Å². The Morgan fingerprint density at radius 1 is 0.842 bits per heavy atom. The van der Waals surface area contributed by atoms with Crippen molar-refractivity contribution < 1.29 is 4.42 Å². The molecule has 0 amide bonds. The smallest absolute Gasteiger partial charge is 0.134 e. The number of furan rings is 1. The second-order valence-corrected chi connectivity index (χ2v) is 5.42. The van der Waals surface area contributed by atoms with Crippen LogP contribution in [0.2, 0.25) is 0 Å². The Bertz CT molecular complexity index is 702. The molecule has 0 atom stereocenters. The highest BCUT2D eigenvalue weighted by Gasteiger charge is 2.08. The summed E-state index contributed by atoms with van der Waals surface area (Å²) in [6.45, 7) is 6.41. The molecule has 0 aliphatic rings. The van der Waals surface area contributed by atoms with Crippen LogP contribution in [0.25, 0.3) is 22.1 Å². The molecule has 3 aromatic rings. The molecule has 0 spiro atoms. The molecule has 0 fully saturated rings. The van der Waals surface area contributed by atoms with E-state index in [-0.39, 0.29) is 0 Å². The topological polar surface area (TPSA) is 13.1 Å². The van der Waals surface area contributed by atoms with Gasteiger partial charge >= 0.3 is 0 Å². The van der Waals surface area contributed by atoms with Crippen LogP contribution in [0.3, 0.4) is 0 Å². The summed E-state index contributed by atoms with van der Waals surface area (Å²) in [6, 6.07) is 17.2. The molecule has 0 aliphatic carbocycles. The highest BCUT2D eigenvalue weighted by molar-refractivity contribution is 5.84. The largest absolute Gasteiger partial charge is 0.461 e. The number of rotatable bonds is 2. The number of fused-ring (bicyclic) bond motifs is 1. The quantitative estimate of drug-likeness (QED) is 0.582. The first kappa shape index (κ1) is 12.0. The molecule has 2 aromatic carbocycles. The van der Waals surface area contributed by atoms with Gasteiger partial charge in [-0.2, -0.15) is 0 Å². The molecule has 0 N–H and O–H groups in total. The summed E-state index contributed by atoms with van der Waals surface area (Å²) in [5, 5.41) is 1.18. The van der Waals surface area contributed by atoms with Gasteiger partial charge in [-0.3, -0.25) is 0 Å². The summed E-state index contributed by atoms with van der Waals surface area (Å²) in [6.07, 6.45) is 0. The Morgan fingerprint density at radius 2 is 1.53 bits per heavy atom. The van der Waals surface area contributed by atoms with Crippen molar-refractivity contribution in [3.8, 4) is 11.1 Å². The monoisotopic (exact) mass is 250 g/mol. The van der Waals surface area contributed by atoms with Gasteiger partial charge in [-0.1, -0.05) is 49.7 Å². The number of hydrogen-bond acceptors (Lipinski definition) is 1. The molecule has 1 heteroatoms. The van der Waals surface area contributed by atoms with E-state index in [2.05, 4.69) is 69.3 Å². The summed E-state index contributed by atoms with van der Waals surface area (Å²) in [4.78, 5) is 0. The van der Waals surface area contributed by atoms with Gasteiger partial charge in [0.2, 0.25) is 0 Å². The van der Waals surface area contributed by atoms with Crippen LogP contribution >= 0.6 is 0 Å². The van der Waals surface area contributed by atoms with E-state index in [1.807, 2.05) is 0 Å². The van der Waals surface area contributed by atoms with E-state index < -0.39 is 0 Å². The van der Waals surface area contributed by atoms with Crippen LogP contribution in [0.15, 0.2) is 52.9 Å². The minimum absolute atomic E-state index is 0.426. The third-order valence-corrected chi connectivity index (χ3v) is 3.49. The molecule has 1 nitrogen and oxygen atoms in total. The molecule has 96 valence electrons. The van der Waals surface area contributed by atoms with Crippen molar-refractivity contribution in [2.24, 2.45) is 0 Å².